The van der Waals surface area contributed by atoms with Crippen molar-refractivity contribution >= 4 is 29.5 Å². The lowest BCUT2D eigenvalue weighted by atomic mass is 10.0. The Bertz CT molecular complexity index is 744. The largest absolute Gasteiger partial charge is 0.444 e. The predicted molar refractivity (Wildman–Crippen MR) is 92.6 cm³/mol. The number of nitrogens with zero attached hydrogens (tertiary/aromatic N) is 5. The van der Waals surface area contributed by atoms with Gasteiger partial charge in [0.15, 0.2) is 0 Å². The minimum Gasteiger partial charge on any atom is -0.444 e. The van der Waals surface area contributed by atoms with Crippen LogP contribution >= 0.6 is 23.4 Å². The molecule has 1 aliphatic heterocycles. The predicted octanol–water partition coefficient (Wildman–Crippen LogP) is 3.08. The molecular formula is C15H20ClN5O3S. The number of halogens is 1. The number of carbonyl (C=O) groups is 1. The lowest BCUT2D eigenvalue weighted by Crippen LogP contribution is -2.50. The first-order valence-corrected chi connectivity index (χ1v) is 9.20. The maximum absolute atomic E-state index is 11.9. The molecule has 1 aliphatic rings. The quantitative estimate of drug-likeness (QED) is 0.747. The molecule has 0 N–H and O–H groups in total. The van der Waals surface area contributed by atoms with Crippen molar-refractivity contribution in [3.05, 3.63) is 22.8 Å². The summed E-state index contributed by atoms with van der Waals surface area (Å²) in [7, 11) is 1.79. The van der Waals surface area contributed by atoms with Crippen molar-refractivity contribution in [3.8, 4) is 0 Å². The van der Waals surface area contributed by atoms with Gasteiger partial charge in [-0.25, -0.2) is 4.79 Å². The fraction of sp³-hybridized carbons (Fsp3) is 0.600. The normalized spacial score (nSPS) is 15.3. The molecule has 2 aromatic heterocycles. The zero-order valence-electron chi connectivity index (χ0n) is 14.5. The van der Waals surface area contributed by atoms with Crippen LogP contribution in [0.15, 0.2) is 15.7 Å². The summed E-state index contributed by atoms with van der Waals surface area (Å²) in [4.78, 5) is 13.6. The average Bonchev–Trinajstić information content (AvgIpc) is 3.01. The van der Waals surface area contributed by atoms with Gasteiger partial charge in [-0.15, -0.1) is 10.2 Å². The van der Waals surface area contributed by atoms with Gasteiger partial charge in [0.2, 0.25) is 5.89 Å². The Morgan fingerprint density at radius 2 is 2.16 bits per heavy atom. The fourth-order valence-electron chi connectivity index (χ4n) is 2.26. The first-order valence-electron chi connectivity index (χ1n) is 7.84. The van der Waals surface area contributed by atoms with Gasteiger partial charge in [0.25, 0.3) is 5.22 Å². The van der Waals surface area contributed by atoms with Gasteiger partial charge in [-0.3, -0.25) is 4.68 Å². The van der Waals surface area contributed by atoms with Gasteiger partial charge in [0.1, 0.15) is 10.8 Å². The van der Waals surface area contributed by atoms with Gasteiger partial charge in [-0.05, 0) is 26.8 Å². The summed E-state index contributed by atoms with van der Waals surface area (Å²) >= 11 is 7.36. The summed E-state index contributed by atoms with van der Waals surface area (Å²) in [5, 5.41) is 13.4. The first-order chi connectivity index (χ1) is 11.7. The van der Waals surface area contributed by atoms with Gasteiger partial charge in [0, 0.05) is 25.9 Å². The van der Waals surface area contributed by atoms with Crippen molar-refractivity contribution in [1.29, 1.82) is 0 Å². The van der Waals surface area contributed by atoms with E-state index >= 15 is 0 Å². The van der Waals surface area contributed by atoms with Crippen LogP contribution in [0, 0.1) is 0 Å². The number of aryl methyl sites for hydroxylation is 1. The highest BCUT2D eigenvalue weighted by molar-refractivity contribution is 7.98. The third-order valence-corrected chi connectivity index (χ3v) is 4.73. The van der Waals surface area contributed by atoms with Crippen LogP contribution in [0.4, 0.5) is 4.79 Å². The van der Waals surface area contributed by atoms with Crippen LogP contribution in [0.25, 0.3) is 0 Å². The first kappa shape index (κ1) is 18.1. The second-order valence-corrected chi connectivity index (χ2v) is 8.17. The molecule has 1 fully saturated rings. The van der Waals surface area contributed by atoms with Crippen LogP contribution in [0.1, 0.15) is 38.3 Å². The maximum Gasteiger partial charge on any atom is 0.410 e. The van der Waals surface area contributed by atoms with Gasteiger partial charge >= 0.3 is 6.09 Å². The molecule has 0 bridgehead atoms. The van der Waals surface area contributed by atoms with E-state index in [1.807, 2.05) is 20.8 Å². The van der Waals surface area contributed by atoms with Crippen molar-refractivity contribution in [1.82, 2.24) is 24.9 Å². The van der Waals surface area contributed by atoms with Crippen LogP contribution < -0.4 is 0 Å². The van der Waals surface area contributed by atoms with Crippen molar-refractivity contribution < 1.29 is 13.9 Å². The summed E-state index contributed by atoms with van der Waals surface area (Å²) < 4.78 is 12.6. The fourth-order valence-corrected chi connectivity index (χ4v) is 3.08. The summed E-state index contributed by atoms with van der Waals surface area (Å²) in [6.45, 7) is 6.59. The van der Waals surface area contributed by atoms with Crippen LogP contribution in [0.2, 0.25) is 5.15 Å². The lowest BCUT2D eigenvalue weighted by Gasteiger charge is -2.37. The molecule has 3 rings (SSSR count). The van der Waals surface area contributed by atoms with E-state index in [0.29, 0.717) is 35.1 Å². The number of thioether (sulfide) groups is 1. The Balaban J connectivity index is 1.49. The number of ether oxygens (including phenoxy) is 1. The molecule has 10 heteroatoms. The number of carbonyl (C=O) groups excluding carboxylic acids is 1. The number of likely N-dealkylation sites (tertiary alicyclic amines) is 1. The van der Waals surface area contributed by atoms with E-state index in [2.05, 4.69) is 15.3 Å². The van der Waals surface area contributed by atoms with E-state index in [4.69, 9.17) is 20.8 Å². The Hall–Kier alpha value is -1.74. The van der Waals surface area contributed by atoms with E-state index in [1.165, 1.54) is 11.8 Å². The van der Waals surface area contributed by atoms with Crippen LogP contribution in [0.3, 0.4) is 0 Å². The Morgan fingerprint density at radius 1 is 1.44 bits per heavy atom. The van der Waals surface area contributed by atoms with Crippen LogP contribution in [-0.4, -0.2) is 49.7 Å². The van der Waals surface area contributed by atoms with Gasteiger partial charge in [0.05, 0.1) is 11.6 Å². The molecule has 0 atom stereocenters. The van der Waals surface area contributed by atoms with E-state index < -0.39 is 5.60 Å². The number of aromatic nitrogens is 4. The maximum atomic E-state index is 11.9. The highest BCUT2D eigenvalue weighted by atomic mass is 35.5. The molecule has 2 aromatic rings. The number of amides is 1. The van der Waals surface area contributed by atoms with Gasteiger partial charge in [-0.2, -0.15) is 5.10 Å². The number of hydrogen-bond donors (Lipinski definition) is 0. The molecule has 3 heterocycles. The summed E-state index contributed by atoms with van der Waals surface area (Å²) in [6, 6.07) is 1.80. The Labute approximate surface area is 154 Å². The molecule has 0 spiro atoms. The summed E-state index contributed by atoms with van der Waals surface area (Å²) in [5.74, 6) is 1.19. The number of hydrogen-bond acceptors (Lipinski definition) is 7. The third kappa shape index (κ3) is 4.46. The van der Waals surface area contributed by atoms with Crippen LogP contribution in [-0.2, 0) is 17.5 Å². The van der Waals surface area contributed by atoms with E-state index in [0.717, 1.165) is 5.69 Å². The van der Waals surface area contributed by atoms with Crippen molar-refractivity contribution in [2.75, 3.05) is 13.1 Å². The monoisotopic (exact) mass is 385 g/mol. The van der Waals surface area contributed by atoms with E-state index in [-0.39, 0.29) is 12.0 Å². The second kappa shape index (κ2) is 6.87. The van der Waals surface area contributed by atoms with Crippen molar-refractivity contribution in [2.45, 2.75) is 43.3 Å². The summed E-state index contributed by atoms with van der Waals surface area (Å²) in [5.41, 5.74) is 0.349. The zero-order valence-corrected chi connectivity index (χ0v) is 16.1. The smallest absolute Gasteiger partial charge is 0.410 e. The van der Waals surface area contributed by atoms with E-state index in [1.54, 1.807) is 22.7 Å². The highest BCUT2D eigenvalue weighted by Crippen LogP contribution is 2.30. The second-order valence-electron chi connectivity index (χ2n) is 6.86. The topological polar surface area (TPSA) is 86.3 Å². The molecular weight excluding hydrogens is 366 g/mol. The van der Waals surface area contributed by atoms with Gasteiger partial charge < -0.3 is 14.1 Å². The molecule has 0 radical (unpaired) electrons. The zero-order chi connectivity index (χ0) is 18.2. The minimum absolute atomic E-state index is 0.0543. The third-order valence-electron chi connectivity index (χ3n) is 3.52. The number of rotatable bonds is 4. The highest BCUT2D eigenvalue weighted by Gasteiger charge is 2.37. The molecule has 8 nitrogen and oxygen atoms in total. The molecule has 1 saturated heterocycles. The standard InChI is InChI=1S/C15H20ClN5O3S/c1-15(2,3)24-14(22)21-6-9(7-21)12-17-18-13(23-12)25-8-10-5-11(16)20(4)19-10/h5,9H,6-8H2,1-4H3. The van der Waals surface area contributed by atoms with Crippen molar-refractivity contribution in [3.63, 3.8) is 0 Å². The Kier molecular flexibility index (Phi) is 4.97. The van der Waals surface area contributed by atoms with Crippen LogP contribution in [0.5, 0.6) is 0 Å². The minimum atomic E-state index is -0.495. The van der Waals surface area contributed by atoms with E-state index in [9.17, 15) is 4.79 Å². The van der Waals surface area contributed by atoms with Gasteiger partial charge in [-0.1, -0.05) is 23.4 Å². The molecule has 0 aromatic carbocycles. The molecule has 0 unspecified atom stereocenters. The lowest BCUT2D eigenvalue weighted by molar-refractivity contribution is 0.00580. The molecule has 0 aliphatic carbocycles. The Morgan fingerprint density at radius 3 is 2.76 bits per heavy atom. The summed E-state index contributed by atoms with van der Waals surface area (Å²) in [6.07, 6.45) is -0.315. The average molecular weight is 386 g/mol. The SMILES string of the molecule is Cn1nc(CSc2nnc(C3CN(C(=O)OC(C)(C)C)C3)o2)cc1Cl. The van der Waals surface area contributed by atoms with Crippen molar-refractivity contribution in [2.24, 2.45) is 7.05 Å². The molecule has 25 heavy (non-hydrogen) atoms. The molecule has 0 saturated carbocycles. The molecule has 136 valence electrons. The molecule has 1 amide bonds.